The maximum Gasteiger partial charge on any atom is 0.271 e. The minimum Gasteiger partial charge on any atom is -0.490 e. The first-order valence-electron chi connectivity index (χ1n) is 15.3. The van der Waals surface area contributed by atoms with Crippen LogP contribution >= 0.6 is 11.3 Å². The van der Waals surface area contributed by atoms with E-state index in [1.807, 2.05) is 13.8 Å². The number of thiophene rings is 1. The van der Waals surface area contributed by atoms with Gasteiger partial charge in [0.2, 0.25) is 10.0 Å². The lowest BCUT2D eigenvalue weighted by Crippen LogP contribution is -2.48. The molecule has 1 aromatic heterocycles. The van der Waals surface area contributed by atoms with Crippen molar-refractivity contribution in [2.45, 2.75) is 67.4 Å². The molecular weight excluding hydrogens is 670 g/mol. The first-order chi connectivity index (χ1) is 22.2. The molecule has 2 aromatic carbocycles. The standard InChI is InChI=1S/C32H42FN3O8S3/c1-22-19-36(23(2)21-37)32(38)28-18-26(34-46(39,40)31-9-7-17-45-31)12-15-29(28)44-24(3)8-5-6-16-43-30(22)20-35(4)47(41,42)27-13-10-25(33)11-14-27/h7,9-15,17-18,22-24,30,34,37H,5-6,8,16,19-21H2,1-4H3/t22-,23-,24-,30+/m0/s1. The first-order valence-corrected chi connectivity index (χ1v) is 19.2. The molecule has 0 unspecified atom stereocenters. The minimum absolute atomic E-state index is 0.0405. The number of carbonyl (C=O) groups is 1. The zero-order valence-corrected chi connectivity index (χ0v) is 29.3. The Morgan fingerprint density at radius 1 is 1.11 bits per heavy atom. The Hall–Kier alpha value is -3.08. The topological polar surface area (TPSA) is 143 Å². The van der Waals surface area contributed by atoms with E-state index in [1.165, 1.54) is 42.3 Å². The van der Waals surface area contributed by atoms with Gasteiger partial charge in [-0.3, -0.25) is 9.52 Å². The Kier molecular flexibility index (Phi) is 12.4. The Morgan fingerprint density at radius 2 is 1.83 bits per heavy atom. The Labute approximate surface area is 280 Å². The van der Waals surface area contributed by atoms with Gasteiger partial charge in [-0.15, -0.1) is 11.3 Å². The van der Waals surface area contributed by atoms with Crippen molar-refractivity contribution >= 4 is 43.0 Å². The fourth-order valence-corrected chi connectivity index (χ4v) is 8.43. The summed E-state index contributed by atoms with van der Waals surface area (Å²) in [5.41, 5.74) is 0.280. The number of anilines is 1. The summed E-state index contributed by atoms with van der Waals surface area (Å²) in [7, 11) is -6.45. The molecule has 2 N–H and O–H groups in total. The van der Waals surface area contributed by atoms with Gasteiger partial charge in [-0.25, -0.2) is 21.2 Å². The highest BCUT2D eigenvalue weighted by atomic mass is 32.2. The van der Waals surface area contributed by atoms with Gasteiger partial charge in [0.15, 0.2) is 0 Å². The molecule has 0 radical (unpaired) electrons. The molecule has 11 nitrogen and oxygen atoms in total. The van der Waals surface area contributed by atoms with E-state index in [0.717, 1.165) is 34.2 Å². The van der Waals surface area contributed by atoms with Crippen LogP contribution in [0, 0.1) is 11.7 Å². The van der Waals surface area contributed by atoms with Crippen LogP contribution < -0.4 is 9.46 Å². The zero-order chi connectivity index (χ0) is 34.4. The SMILES string of the molecule is C[C@H]1CCCCO[C@H](CN(C)S(=O)(=O)c2ccc(F)cc2)[C@@H](C)CN([C@@H](C)CO)C(=O)c2cc(NS(=O)(=O)c3cccs3)ccc2O1. The van der Waals surface area contributed by atoms with E-state index in [0.29, 0.717) is 19.4 Å². The van der Waals surface area contributed by atoms with Crippen LogP contribution in [0.25, 0.3) is 0 Å². The Balaban J connectivity index is 1.67. The number of ether oxygens (including phenoxy) is 2. The van der Waals surface area contributed by atoms with Crippen LogP contribution in [-0.2, 0) is 24.8 Å². The number of sulfonamides is 2. The number of carbonyl (C=O) groups excluding carboxylic acids is 1. The number of amides is 1. The van der Waals surface area contributed by atoms with E-state index in [2.05, 4.69) is 4.72 Å². The average molecular weight is 712 g/mol. The fraction of sp³-hybridized carbons (Fsp3) is 0.469. The van der Waals surface area contributed by atoms with Gasteiger partial charge < -0.3 is 19.5 Å². The second-order valence-corrected chi connectivity index (χ2v) is 16.7. The summed E-state index contributed by atoms with van der Waals surface area (Å²) in [5.74, 6) is -1.18. The number of fused-ring (bicyclic) bond motifs is 1. The van der Waals surface area contributed by atoms with Crippen LogP contribution in [0.15, 0.2) is 69.1 Å². The van der Waals surface area contributed by atoms with Gasteiger partial charge in [0, 0.05) is 38.3 Å². The van der Waals surface area contributed by atoms with Crippen molar-refractivity contribution < 1.29 is 40.6 Å². The lowest BCUT2D eigenvalue weighted by Gasteiger charge is -2.35. The molecule has 1 aliphatic rings. The number of benzene rings is 2. The number of hydrogen-bond donors (Lipinski definition) is 2. The molecule has 4 rings (SSSR count). The van der Waals surface area contributed by atoms with Gasteiger partial charge in [-0.05, 0) is 87.0 Å². The second kappa shape index (κ2) is 15.9. The molecule has 3 aromatic rings. The Morgan fingerprint density at radius 3 is 2.49 bits per heavy atom. The second-order valence-electron chi connectivity index (χ2n) is 11.8. The molecule has 1 amide bonds. The van der Waals surface area contributed by atoms with E-state index in [-0.39, 0.29) is 51.9 Å². The van der Waals surface area contributed by atoms with Crippen molar-refractivity contribution in [1.29, 1.82) is 0 Å². The third-order valence-corrected chi connectivity index (χ3v) is 12.6. The number of rotatable bonds is 9. The van der Waals surface area contributed by atoms with Crippen molar-refractivity contribution in [1.82, 2.24) is 9.21 Å². The van der Waals surface area contributed by atoms with E-state index in [9.17, 15) is 31.1 Å². The maximum absolute atomic E-state index is 14.3. The highest BCUT2D eigenvalue weighted by Gasteiger charge is 2.32. The lowest BCUT2D eigenvalue weighted by atomic mass is 10.0. The van der Waals surface area contributed by atoms with Crippen molar-refractivity contribution in [3.05, 3.63) is 71.4 Å². The summed E-state index contributed by atoms with van der Waals surface area (Å²) in [6.45, 7) is 5.42. The van der Waals surface area contributed by atoms with E-state index in [4.69, 9.17) is 9.47 Å². The number of aliphatic hydroxyl groups excluding tert-OH is 1. The highest BCUT2D eigenvalue weighted by Crippen LogP contribution is 2.30. The lowest BCUT2D eigenvalue weighted by molar-refractivity contribution is -0.00833. The van der Waals surface area contributed by atoms with E-state index >= 15 is 0 Å². The van der Waals surface area contributed by atoms with Crippen LogP contribution in [0.3, 0.4) is 0 Å². The van der Waals surface area contributed by atoms with Crippen molar-refractivity contribution in [3.8, 4) is 5.75 Å². The van der Waals surface area contributed by atoms with Crippen molar-refractivity contribution in [3.63, 3.8) is 0 Å². The molecule has 0 spiro atoms. The van der Waals surface area contributed by atoms with Gasteiger partial charge in [0.05, 0.1) is 35.3 Å². The minimum atomic E-state index is -3.97. The summed E-state index contributed by atoms with van der Waals surface area (Å²) in [6.07, 6.45) is 1.12. The zero-order valence-electron chi connectivity index (χ0n) is 26.8. The number of nitrogens with one attached hydrogen (secondary N) is 1. The summed E-state index contributed by atoms with van der Waals surface area (Å²) >= 11 is 1.06. The van der Waals surface area contributed by atoms with Gasteiger partial charge in [0.25, 0.3) is 15.9 Å². The molecule has 47 heavy (non-hydrogen) atoms. The van der Waals surface area contributed by atoms with Crippen LogP contribution in [0.1, 0.15) is 50.4 Å². The quantitative estimate of drug-likeness (QED) is 0.322. The predicted octanol–water partition coefficient (Wildman–Crippen LogP) is 4.80. The number of nitrogens with zero attached hydrogens (tertiary/aromatic N) is 2. The maximum atomic E-state index is 14.3. The highest BCUT2D eigenvalue weighted by molar-refractivity contribution is 7.94. The van der Waals surface area contributed by atoms with Gasteiger partial charge in [0.1, 0.15) is 15.8 Å². The van der Waals surface area contributed by atoms with Gasteiger partial charge >= 0.3 is 0 Å². The molecular formula is C32H42FN3O8S3. The molecule has 0 aliphatic carbocycles. The molecule has 0 saturated carbocycles. The molecule has 258 valence electrons. The number of hydrogen-bond acceptors (Lipinski definition) is 9. The van der Waals surface area contributed by atoms with Crippen LogP contribution in [0.4, 0.5) is 10.1 Å². The number of halogens is 1. The molecule has 0 fully saturated rings. The fourth-order valence-electron chi connectivity index (χ4n) is 5.21. The van der Waals surface area contributed by atoms with Crippen molar-refractivity contribution in [2.75, 3.05) is 38.1 Å². The molecule has 1 aliphatic heterocycles. The summed E-state index contributed by atoms with van der Waals surface area (Å²) in [6, 6.07) is 11.6. The largest absolute Gasteiger partial charge is 0.490 e. The normalized spacial score (nSPS) is 21.0. The number of likely N-dealkylation sites (N-methyl/N-ethyl adjacent to an activating group) is 1. The third kappa shape index (κ3) is 9.30. The van der Waals surface area contributed by atoms with Gasteiger partial charge in [-0.1, -0.05) is 13.0 Å². The monoisotopic (exact) mass is 711 g/mol. The van der Waals surface area contributed by atoms with Crippen molar-refractivity contribution in [2.24, 2.45) is 5.92 Å². The number of aliphatic hydroxyl groups is 1. The molecule has 0 saturated heterocycles. The van der Waals surface area contributed by atoms with Crippen LogP contribution in [-0.4, -0.2) is 88.7 Å². The summed E-state index contributed by atoms with van der Waals surface area (Å²) < 4.78 is 82.3. The molecule has 15 heteroatoms. The predicted molar refractivity (Wildman–Crippen MR) is 178 cm³/mol. The smallest absolute Gasteiger partial charge is 0.271 e. The van der Waals surface area contributed by atoms with E-state index < -0.39 is 49.8 Å². The van der Waals surface area contributed by atoms with E-state index in [1.54, 1.807) is 24.4 Å². The van der Waals surface area contributed by atoms with Gasteiger partial charge in [-0.2, -0.15) is 4.31 Å². The van der Waals surface area contributed by atoms with Crippen LogP contribution in [0.2, 0.25) is 0 Å². The molecule has 0 bridgehead atoms. The Bertz CT molecular complexity index is 1700. The molecule has 4 atom stereocenters. The average Bonchev–Trinajstić information content (AvgIpc) is 3.59. The van der Waals surface area contributed by atoms with Crippen LogP contribution in [0.5, 0.6) is 5.75 Å². The molecule has 2 heterocycles. The summed E-state index contributed by atoms with van der Waals surface area (Å²) in [5, 5.41) is 11.8. The summed E-state index contributed by atoms with van der Waals surface area (Å²) in [4.78, 5) is 15.7. The third-order valence-electron chi connectivity index (χ3n) is 8.02. The first kappa shape index (κ1) is 36.8.